The van der Waals surface area contributed by atoms with Crippen LogP contribution in [0.5, 0.6) is 0 Å². The predicted molar refractivity (Wildman–Crippen MR) is 90.8 cm³/mol. The van der Waals surface area contributed by atoms with Gasteiger partial charge in [0, 0.05) is 18.3 Å². The quantitative estimate of drug-likeness (QED) is 0.923. The van der Waals surface area contributed by atoms with Crippen molar-refractivity contribution in [2.75, 3.05) is 12.4 Å². The second-order valence-corrected chi connectivity index (χ2v) is 6.44. The number of anilines is 1. The van der Waals surface area contributed by atoms with Crippen molar-refractivity contribution in [1.82, 2.24) is 4.90 Å². The maximum atomic E-state index is 12.4. The van der Waals surface area contributed by atoms with Crippen molar-refractivity contribution >= 4 is 17.7 Å². The Morgan fingerprint density at radius 1 is 1.17 bits per heavy atom. The number of benzene rings is 1. The normalized spacial score (nSPS) is 11.0. The van der Waals surface area contributed by atoms with Crippen molar-refractivity contribution < 1.29 is 18.7 Å². The summed E-state index contributed by atoms with van der Waals surface area (Å²) in [7, 11) is 1.71. The van der Waals surface area contributed by atoms with Gasteiger partial charge in [0.1, 0.15) is 11.4 Å². The lowest BCUT2D eigenvalue weighted by Gasteiger charge is -2.20. The summed E-state index contributed by atoms with van der Waals surface area (Å²) < 4.78 is 10.4. The molecule has 1 aromatic heterocycles. The lowest BCUT2D eigenvalue weighted by atomic mass is 10.2. The van der Waals surface area contributed by atoms with Gasteiger partial charge in [0.05, 0.1) is 12.8 Å². The number of amides is 2. The maximum absolute atomic E-state index is 12.4. The molecule has 0 unspecified atom stereocenters. The Morgan fingerprint density at radius 3 is 2.38 bits per heavy atom. The van der Waals surface area contributed by atoms with Gasteiger partial charge in [-0.3, -0.25) is 10.1 Å². The molecule has 6 heteroatoms. The summed E-state index contributed by atoms with van der Waals surface area (Å²) >= 11 is 0. The summed E-state index contributed by atoms with van der Waals surface area (Å²) in [5.74, 6) is 0.587. The number of hydrogen-bond donors (Lipinski definition) is 1. The molecule has 24 heavy (non-hydrogen) atoms. The van der Waals surface area contributed by atoms with Gasteiger partial charge in [0.15, 0.2) is 0 Å². The summed E-state index contributed by atoms with van der Waals surface area (Å²) in [5, 5.41) is 2.63. The Bertz CT molecular complexity index is 685. The third-order valence-electron chi connectivity index (χ3n) is 3.10. The highest BCUT2D eigenvalue weighted by Gasteiger charge is 2.17. The molecule has 0 saturated heterocycles. The minimum atomic E-state index is -0.561. The molecule has 0 fully saturated rings. The van der Waals surface area contributed by atoms with E-state index in [0.717, 1.165) is 0 Å². The SMILES string of the molecule is CN(Cc1ccco1)C(=O)c1ccc(NC(=O)OC(C)(C)C)cc1. The molecular formula is C18H22N2O4. The first-order valence-corrected chi connectivity index (χ1v) is 7.62. The summed E-state index contributed by atoms with van der Waals surface area (Å²) in [5.41, 5.74) is 0.530. The minimum Gasteiger partial charge on any atom is -0.467 e. The van der Waals surface area contributed by atoms with Gasteiger partial charge in [-0.2, -0.15) is 0 Å². The predicted octanol–water partition coefficient (Wildman–Crippen LogP) is 3.90. The molecule has 0 aliphatic carbocycles. The maximum Gasteiger partial charge on any atom is 0.412 e. The van der Waals surface area contributed by atoms with Crippen molar-refractivity contribution in [2.24, 2.45) is 0 Å². The molecule has 0 aliphatic heterocycles. The highest BCUT2D eigenvalue weighted by Crippen LogP contribution is 2.15. The lowest BCUT2D eigenvalue weighted by Crippen LogP contribution is -2.27. The Hall–Kier alpha value is -2.76. The van der Waals surface area contributed by atoms with Crippen molar-refractivity contribution in [2.45, 2.75) is 32.9 Å². The van der Waals surface area contributed by atoms with E-state index in [1.165, 1.54) is 0 Å². The second kappa shape index (κ2) is 7.21. The smallest absolute Gasteiger partial charge is 0.412 e. The summed E-state index contributed by atoms with van der Waals surface area (Å²) in [6, 6.07) is 10.2. The molecule has 1 heterocycles. The van der Waals surface area contributed by atoms with Gasteiger partial charge in [-0.25, -0.2) is 4.79 Å². The molecule has 0 radical (unpaired) electrons. The number of rotatable bonds is 4. The standard InChI is InChI=1S/C18H22N2O4/c1-18(2,3)24-17(22)19-14-9-7-13(8-10-14)16(21)20(4)12-15-6-5-11-23-15/h5-11H,12H2,1-4H3,(H,19,22). The van der Waals surface area contributed by atoms with E-state index in [4.69, 9.17) is 9.15 Å². The van der Waals surface area contributed by atoms with Gasteiger partial charge in [-0.1, -0.05) is 0 Å². The first-order chi connectivity index (χ1) is 11.2. The number of nitrogens with one attached hydrogen (secondary N) is 1. The van der Waals surface area contributed by atoms with Crippen LogP contribution in [0.2, 0.25) is 0 Å². The van der Waals surface area contributed by atoms with Gasteiger partial charge in [0.2, 0.25) is 0 Å². The average Bonchev–Trinajstić information content (AvgIpc) is 2.98. The van der Waals surface area contributed by atoms with Crippen LogP contribution in [0, 0.1) is 0 Å². The number of ether oxygens (including phenoxy) is 1. The van der Waals surface area contributed by atoms with Crippen molar-refractivity contribution in [1.29, 1.82) is 0 Å². The fourth-order valence-electron chi connectivity index (χ4n) is 2.05. The van der Waals surface area contributed by atoms with E-state index in [0.29, 0.717) is 23.6 Å². The van der Waals surface area contributed by atoms with Gasteiger partial charge in [0.25, 0.3) is 5.91 Å². The highest BCUT2D eigenvalue weighted by molar-refractivity contribution is 5.95. The molecule has 0 saturated carbocycles. The van der Waals surface area contributed by atoms with Crippen LogP contribution in [0.25, 0.3) is 0 Å². The molecule has 1 aromatic carbocycles. The molecule has 0 aliphatic rings. The van der Waals surface area contributed by atoms with Crippen LogP contribution >= 0.6 is 0 Å². The van der Waals surface area contributed by atoms with Gasteiger partial charge in [-0.05, 0) is 57.2 Å². The molecule has 1 N–H and O–H groups in total. The third kappa shape index (κ3) is 5.15. The number of hydrogen-bond acceptors (Lipinski definition) is 4. The van der Waals surface area contributed by atoms with Crippen LogP contribution in [0.15, 0.2) is 47.1 Å². The van der Waals surface area contributed by atoms with Crippen molar-refractivity contribution in [3.63, 3.8) is 0 Å². The molecule has 0 bridgehead atoms. The van der Waals surface area contributed by atoms with E-state index in [1.807, 2.05) is 6.07 Å². The summed E-state index contributed by atoms with van der Waals surface area (Å²) in [6.07, 6.45) is 1.04. The Morgan fingerprint density at radius 2 is 1.83 bits per heavy atom. The van der Waals surface area contributed by atoms with E-state index in [1.54, 1.807) is 69.3 Å². The van der Waals surface area contributed by atoms with Crippen LogP contribution in [0.3, 0.4) is 0 Å². The topological polar surface area (TPSA) is 71.8 Å². The molecule has 2 amide bonds. The fraction of sp³-hybridized carbons (Fsp3) is 0.333. The highest BCUT2D eigenvalue weighted by atomic mass is 16.6. The Kier molecular flexibility index (Phi) is 5.28. The zero-order valence-corrected chi connectivity index (χ0v) is 14.3. The second-order valence-electron chi connectivity index (χ2n) is 6.44. The average molecular weight is 330 g/mol. The van der Waals surface area contributed by atoms with Crippen molar-refractivity contribution in [3.8, 4) is 0 Å². The molecule has 0 spiro atoms. The van der Waals surface area contributed by atoms with Crippen LogP contribution in [0.4, 0.5) is 10.5 Å². The zero-order chi connectivity index (χ0) is 17.7. The van der Waals surface area contributed by atoms with Crippen LogP contribution in [-0.4, -0.2) is 29.5 Å². The summed E-state index contributed by atoms with van der Waals surface area (Å²) in [6.45, 7) is 5.78. The van der Waals surface area contributed by atoms with Crippen LogP contribution in [-0.2, 0) is 11.3 Å². The van der Waals surface area contributed by atoms with E-state index in [-0.39, 0.29) is 5.91 Å². The number of carbonyl (C=O) groups excluding carboxylic acids is 2. The zero-order valence-electron chi connectivity index (χ0n) is 14.3. The number of nitrogens with zero attached hydrogens (tertiary/aromatic N) is 1. The Balaban J connectivity index is 1.95. The van der Waals surface area contributed by atoms with Gasteiger partial charge >= 0.3 is 6.09 Å². The molecule has 2 aromatic rings. The van der Waals surface area contributed by atoms with Crippen LogP contribution in [0.1, 0.15) is 36.9 Å². The van der Waals surface area contributed by atoms with E-state index in [2.05, 4.69) is 5.32 Å². The number of carbonyl (C=O) groups is 2. The lowest BCUT2D eigenvalue weighted by molar-refractivity contribution is 0.0635. The van der Waals surface area contributed by atoms with Crippen LogP contribution < -0.4 is 5.32 Å². The van der Waals surface area contributed by atoms with Crippen molar-refractivity contribution in [3.05, 3.63) is 54.0 Å². The molecule has 2 rings (SSSR count). The molecule has 6 nitrogen and oxygen atoms in total. The first-order valence-electron chi connectivity index (χ1n) is 7.62. The van der Waals surface area contributed by atoms with E-state index < -0.39 is 11.7 Å². The molecular weight excluding hydrogens is 308 g/mol. The largest absolute Gasteiger partial charge is 0.467 e. The summed E-state index contributed by atoms with van der Waals surface area (Å²) in [4.78, 5) is 25.6. The minimum absolute atomic E-state index is 0.129. The molecule has 0 atom stereocenters. The third-order valence-corrected chi connectivity index (χ3v) is 3.10. The monoisotopic (exact) mass is 330 g/mol. The van der Waals surface area contributed by atoms with E-state index >= 15 is 0 Å². The fourth-order valence-corrected chi connectivity index (χ4v) is 2.05. The first kappa shape index (κ1) is 17.6. The van der Waals surface area contributed by atoms with Gasteiger partial charge < -0.3 is 14.1 Å². The van der Waals surface area contributed by atoms with Gasteiger partial charge in [-0.15, -0.1) is 0 Å². The van der Waals surface area contributed by atoms with E-state index in [9.17, 15) is 9.59 Å². The Labute approximate surface area is 141 Å². The molecule has 128 valence electrons. The number of furan rings is 1.